The quantitative estimate of drug-likeness (QED) is 0.209. The Hall–Kier alpha value is -5.25. The molecular weight excluding hydrogens is 502 g/mol. The van der Waals surface area contributed by atoms with Gasteiger partial charge in [-0.25, -0.2) is 9.78 Å². The van der Waals surface area contributed by atoms with Crippen molar-refractivity contribution < 1.29 is 28.7 Å². The summed E-state index contributed by atoms with van der Waals surface area (Å²) >= 11 is 0. The Balaban J connectivity index is 1.28. The predicted octanol–water partition coefficient (Wildman–Crippen LogP) is 5.15. The number of para-hydroxylation sites is 3. The number of amides is 1. The number of benzene rings is 3. The number of fused-ring (bicyclic) bond motifs is 3. The third-order valence-corrected chi connectivity index (χ3v) is 6.59. The number of nitrogens with zero attached hydrogens (tertiary/aromatic N) is 2. The number of nitro benzene ring substituents is 1. The number of anilines is 1. The number of pyridine rings is 1. The molecule has 0 saturated carbocycles. The molecule has 2 heterocycles. The molecule has 0 fully saturated rings. The zero-order valence-electron chi connectivity index (χ0n) is 20.5. The van der Waals surface area contributed by atoms with E-state index in [1.807, 2.05) is 42.5 Å². The third kappa shape index (κ3) is 4.63. The second kappa shape index (κ2) is 9.90. The lowest BCUT2D eigenvalue weighted by atomic mass is 10.0. The minimum absolute atomic E-state index is 0.0251. The molecule has 3 aromatic carbocycles. The third-order valence-electron chi connectivity index (χ3n) is 6.59. The first-order valence-electron chi connectivity index (χ1n) is 12.2. The maximum atomic E-state index is 13.4. The molecule has 0 atom stereocenters. The van der Waals surface area contributed by atoms with Crippen molar-refractivity contribution >= 4 is 45.8 Å². The summed E-state index contributed by atoms with van der Waals surface area (Å²) in [6.07, 6.45) is 3.27. The number of allylic oxidation sites excluding steroid dienone is 1. The van der Waals surface area contributed by atoms with Crippen molar-refractivity contribution in [2.45, 2.75) is 12.8 Å². The van der Waals surface area contributed by atoms with Gasteiger partial charge in [0.15, 0.2) is 18.1 Å². The van der Waals surface area contributed by atoms with E-state index in [4.69, 9.17) is 19.2 Å². The van der Waals surface area contributed by atoms with E-state index in [2.05, 4.69) is 5.32 Å². The number of carbonyl (C=O) groups is 2. The van der Waals surface area contributed by atoms with Gasteiger partial charge in [0, 0.05) is 11.5 Å². The van der Waals surface area contributed by atoms with Crippen molar-refractivity contribution in [3.63, 3.8) is 0 Å². The molecule has 1 aliphatic carbocycles. The molecule has 0 spiro atoms. The minimum Gasteiger partial charge on any atom is -0.454 e. The molecule has 194 valence electrons. The van der Waals surface area contributed by atoms with Gasteiger partial charge in [-0.15, -0.1) is 0 Å². The molecule has 1 aliphatic heterocycles. The summed E-state index contributed by atoms with van der Waals surface area (Å²) in [6.45, 7) is -0.409. The molecule has 39 heavy (non-hydrogen) atoms. The molecule has 6 rings (SSSR count). The molecule has 2 aliphatic rings. The van der Waals surface area contributed by atoms with Gasteiger partial charge in [0.05, 0.1) is 21.7 Å². The van der Waals surface area contributed by atoms with E-state index in [9.17, 15) is 19.7 Å². The first-order chi connectivity index (χ1) is 19.0. The van der Waals surface area contributed by atoms with Crippen LogP contribution in [0.3, 0.4) is 0 Å². The van der Waals surface area contributed by atoms with Gasteiger partial charge in [0.1, 0.15) is 5.69 Å². The maximum absolute atomic E-state index is 13.4. The number of rotatable bonds is 6. The Labute approximate surface area is 222 Å². The SMILES string of the molecule is O=C(COC(=O)c1c2c(nc3ccccc13)C(=Cc1ccc3c(c1)OCO3)CC2)Nc1ccccc1[N+](=O)[O-]. The number of aromatic nitrogens is 1. The normalized spacial score (nSPS) is 14.3. The van der Waals surface area contributed by atoms with Crippen LogP contribution in [0.1, 0.15) is 33.6 Å². The van der Waals surface area contributed by atoms with Crippen LogP contribution < -0.4 is 14.8 Å². The summed E-state index contributed by atoms with van der Waals surface area (Å²) in [4.78, 5) is 41.3. The summed E-state index contributed by atoms with van der Waals surface area (Å²) in [5, 5.41) is 14.3. The number of nitro groups is 1. The lowest BCUT2D eigenvalue weighted by Crippen LogP contribution is -2.22. The Morgan fingerprint density at radius 3 is 2.69 bits per heavy atom. The molecule has 1 amide bonds. The molecule has 4 aromatic rings. The monoisotopic (exact) mass is 523 g/mol. The van der Waals surface area contributed by atoms with Gasteiger partial charge in [0.2, 0.25) is 6.79 Å². The van der Waals surface area contributed by atoms with Gasteiger partial charge in [-0.3, -0.25) is 14.9 Å². The minimum atomic E-state index is -0.684. The first kappa shape index (κ1) is 24.1. The van der Waals surface area contributed by atoms with Crippen molar-refractivity contribution in [2.24, 2.45) is 0 Å². The van der Waals surface area contributed by atoms with Crippen LogP contribution in [0, 0.1) is 10.1 Å². The van der Waals surface area contributed by atoms with Crippen LogP contribution in [-0.4, -0.2) is 35.2 Å². The first-order valence-corrected chi connectivity index (χ1v) is 12.2. The van der Waals surface area contributed by atoms with Crippen LogP contribution in [0.4, 0.5) is 11.4 Å². The topological polar surface area (TPSA) is 130 Å². The van der Waals surface area contributed by atoms with Crippen molar-refractivity contribution in [2.75, 3.05) is 18.7 Å². The van der Waals surface area contributed by atoms with Crippen LogP contribution in [0.2, 0.25) is 0 Å². The van der Waals surface area contributed by atoms with E-state index in [1.165, 1.54) is 18.2 Å². The molecule has 0 radical (unpaired) electrons. The van der Waals surface area contributed by atoms with E-state index in [0.29, 0.717) is 46.5 Å². The number of ether oxygens (including phenoxy) is 3. The molecule has 1 N–H and O–H groups in total. The Morgan fingerprint density at radius 2 is 1.82 bits per heavy atom. The predicted molar refractivity (Wildman–Crippen MR) is 143 cm³/mol. The Kier molecular flexibility index (Phi) is 6.12. The average Bonchev–Trinajstić information content (AvgIpc) is 3.57. The summed E-state index contributed by atoms with van der Waals surface area (Å²) in [5.74, 6) is 0.0318. The smallest absolute Gasteiger partial charge is 0.339 e. The molecule has 0 saturated heterocycles. The molecule has 0 unspecified atom stereocenters. The van der Waals surface area contributed by atoms with Crippen molar-refractivity contribution in [1.29, 1.82) is 0 Å². The fraction of sp³-hybridized carbons (Fsp3) is 0.138. The van der Waals surface area contributed by atoms with Crippen LogP contribution >= 0.6 is 0 Å². The largest absolute Gasteiger partial charge is 0.454 e. The van der Waals surface area contributed by atoms with E-state index < -0.39 is 23.4 Å². The lowest BCUT2D eigenvalue weighted by Gasteiger charge is -2.12. The highest BCUT2D eigenvalue weighted by molar-refractivity contribution is 6.08. The highest BCUT2D eigenvalue weighted by atomic mass is 16.7. The van der Waals surface area contributed by atoms with E-state index in [-0.39, 0.29) is 18.2 Å². The van der Waals surface area contributed by atoms with Crippen LogP contribution in [0.15, 0.2) is 66.7 Å². The second-order valence-electron chi connectivity index (χ2n) is 9.01. The van der Waals surface area contributed by atoms with Gasteiger partial charge in [-0.1, -0.05) is 36.4 Å². The number of nitrogens with one attached hydrogen (secondary N) is 1. The van der Waals surface area contributed by atoms with Crippen LogP contribution in [-0.2, 0) is 16.0 Å². The second-order valence-corrected chi connectivity index (χ2v) is 9.01. The molecule has 10 nitrogen and oxygen atoms in total. The number of hydrogen-bond acceptors (Lipinski definition) is 8. The zero-order valence-corrected chi connectivity index (χ0v) is 20.5. The average molecular weight is 524 g/mol. The number of hydrogen-bond donors (Lipinski definition) is 1. The van der Waals surface area contributed by atoms with Gasteiger partial charge >= 0.3 is 5.97 Å². The van der Waals surface area contributed by atoms with E-state index in [0.717, 1.165) is 16.7 Å². The fourth-order valence-corrected chi connectivity index (χ4v) is 4.84. The Bertz CT molecular complexity index is 1700. The van der Waals surface area contributed by atoms with Crippen LogP contribution in [0.5, 0.6) is 11.5 Å². The zero-order chi connectivity index (χ0) is 26.9. The summed E-state index contributed by atoms with van der Waals surface area (Å²) in [7, 11) is 0. The molecule has 0 bridgehead atoms. The van der Waals surface area contributed by atoms with E-state index >= 15 is 0 Å². The molecular formula is C29H21N3O7. The highest BCUT2D eigenvalue weighted by Crippen LogP contribution is 2.39. The molecule has 1 aromatic heterocycles. The van der Waals surface area contributed by atoms with Gasteiger partial charge in [0.25, 0.3) is 11.6 Å². The van der Waals surface area contributed by atoms with Crippen molar-refractivity contribution in [3.05, 3.63) is 99.2 Å². The summed E-state index contributed by atoms with van der Waals surface area (Å²) in [6, 6.07) is 18.7. The van der Waals surface area contributed by atoms with Crippen molar-refractivity contribution in [3.8, 4) is 11.5 Å². The fourth-order valence-electron chi connectivity index (χ4n) is 4.84. The standard InChI is InChI=1S/C29H21N3O7/c33-26(30-22-7-3-4-8-23(22)32(35)36)15-37-29(34)27-19-5-1-2-6-21(19)31-28-18(10-11-20(27)28)13-17-9-12-24-25(14-17)39-16-38-24/h1-9,12-14H,10-11,15-16H2,(H,30,33). The summed E-state index contributed by atoms with van der Waals surface area (Å²) in [5.41, 5.74) is 4.13. The molecule has 10 heteroatoms. The number of esters is 1. The lowest BCUT2D eigenvalue weighted by molar-refractivity contribution is -0.383. The van der Waals surface area contributed by atoms with Crippen molar-refractivity contribution in [1.82, 2.24) is 4.98 Å². The maximum Gasteiger partial charge on any atom is 0.339 e. The van der Waals surface area contributed by atoms with Gasteiger partial charge in [-0.05, 0) is 59.9 Å². The Morgan fingerprint density at radius 1 is 1.03 bits per heavy atom. The van der Waals surface area contributed by atoms with Crippen LogP contribution in [0.25, 0.3) is 22.6 Å². The highest BCUT2D eigenvalue weighted by Gasteiger charge is 2.28. The number of carbonyl (C=O) groups excluding carboxylic acids is 2. The van der Waals surface area contributed by atoms with E-state index in [1.54, 1.807) is 12.1 Å². The summed E-state index contributed by atoms with van der Waals surface area (Å²) < 4.78 is 16.3. The van der Waals surface area contributed by atoms with Gasteiger partial charge < -0.3 is 19.5 Å². The van der Waals surface area contributed by atoms with Gasteiger partial charge in [-0.2, -0.15) is 0 Å².